The van der Waals surface area contributed by atoms with Gasteiger partial charge in [-0.2, -0.15) is 0 Å². The number of hydrogen-bond donors (Lipinski definition) is 1. The lowest BCUT2D eigenvalue weighted by molar-refractivity contribution is -0.150. The summed E-state index contributed by atoms with van der Waals surface area (Å²) in [5, 5.41) is 0. The maximum atomic E-state index is 13.3. The summed E-state index contributed by atoms with van der Waals surface area (Å²) in [6, 6.07) is 7.80. The minimum atomic E-state index is -0.374. The minimum absolute atomic E-state index is 0.0569. The fraction of sp³-hybridized carbons (Fsp3) is 0.619. The van der Waals surface area contributed by atoms with Crippen LogP contribution in [0.1, 0.15) is 44.2 Å². The largest absolute Gasteiger partial charge is 0.341 e. The molecule has 5 heteroatoms. The summed E-state index contributed by atoms with van der Waals surface area (Å²) in [6.07, 6.45) is 3.34. The Kier molecular flexibility index (Phi) is 5.97. The molecule has 1 aromatic rings. The Labute approximate surface area is 156 Å². The predicted octanol–water partition coefficient (Wildman–Crippen LogP) is 2.18. The summed E-state index contributed by atoms with van der Waals surface area (Å²) in [7, 11) is 0. The van der Waals surface area contributed by atoms with Crippen LogP contribution in [0, 0.1) is 11.8 Å². The molecule has 0 spiro atoms. The van der Waals surface area contributed by atoms with Crippen LogP contribution in [0.4, 0.5) is 0 Å². The first-order valence-corrected chi connectivity index (χ1v) is 9.91. The van der Waals surface area contributed by atoms with E-state index < -0.39 is 0 Å². The van der Waals surface area contributed by atoms with E-state index in [1.807, 2.05) is 35.8 Å². The number of piperidine rings is 1. The first-order valence-electron chi connectivity index (χ1n) is 9.91. The number of rotatable bonds is 4. The topological polar surface area (TPSA) is 66.6 Å². The van der Waals surface area contributed by atoms with Crippen molar-refractivity contribution >= 4 is 11.8 Å². The molecule has 1 aromatic carbocycles. The second-order valence-electron chi connectivity index (χ2n) is 7.77. The van der Waals surface area contributed by atoms with Crippen LogP contribution < -0.4 is 5.73 Å². The molecule has 2 aliphatic rings. The second-order valence-corrected chi connectivity index (χ2v) is 7.77. The van der Waals surface area contributed by atoms with E-state index in [9.17, 15) is 9.59 Å². The van der Waals surface area contributed by atoms with Gasteiger partial charge in [0.15, 0.2) is 0 Å². The van der Waals surface area contributed by atoms with E-state index in [0.29, 0.717) is 25.4 Å². The average Bonchev–Trinajstić information content (AvgIpc) is 2.71. The predicted molar refractivity (Wildman–Crippen MR) is 102 cm³/mol. The Morgan fingerprint density at radius 2 is 1.85 bits per heavy atom. The summed E-state index contributed by atoms with van der Waals surface area (Å²) in [4.78, 5) is 30.0. The molecule has 5 nitrogen and oxygen atoms in total. The first kappa shape index (κ1) is 18.9. The summed E-state index contributed by atoms with van der Waals surface area (Å²) < 4.78 is 0. The number of carbonyl (C=O) groups is 2. The number of carbonyl (C=O) groups excluding carboxylic acids is 2. The van der Waals surface area contributed by atoms with Crippen molar-refractivity contribution in [3.05, 3.63) is 35.4 Å². The fourth-order valence-electron chi connectivity index (χ4n) is 4.03. The van der Waals surface area contributed by atoms with Gasteiger partial charge < -0.3 is 15.5 Å². The Balaban J connectivity index is 1.81. The van der Waals surface area contributed by atoms with Crippen molar-refractivity contribution in [3.8, 4) is 0 Å². The highest BCUT2D eigenvalue weighted by Crippen LogP contribution is 2.28. The number of amides is 2. The first-order chi connectivity index (χ1) is 12.5. The van der Waals surface area contributed by atoms with E-state index in [1.165, 1.54) is 5.56 Å². The van der Waals surface area contributed by atoms with Crippen molar-refractivity contribution in [2.45, 2.75) is 52.1 Å². The van der Waals surface area contributed by atoms with Crippen LogP contribution in [0.3, 0.4) is 0 Å². The summed E-state index contributed by atoms with van der Waals surface area (Å²) in [6.45, 7) is 6.72. The van der Waals surface area contributed by atoms with Gasteiger partial charge >= 0.3 is 0 Å². The van der Waals surface area contributed by atoms with E-state index in [4.69, 9.17) is 5.73 Å². The van der Waals surface area contributed by atoms with E-state index in [2.05, 4.69) is 12.1 Å². The number of nitrogens with zero attached hydrogens (tertiary/aromatic N) is 2. The zero-order chi connectivity index (χ0) is 18.7. The molecule has 0 aliphatic carbocycles. The Morgan fingerprint density at radius 1 is 1.19 bits per heavy atom. The highest BCUT2D eigenvalue weighted by atomic mass is 16.2. The van der Waals surface area contributed by atoms with Crippen LogP contribution >= 0.6 is 0 Å². The third kappa shape index (κ3) is 3.78. The Bertz CT molecular complexity index is 652. The minimum Gasteiger partial charge on any atom is -0.341 e. The van der Waals surface area contributed by atoms with Gasteiger partial charge in [0, 0.05) is 32.0 Å². The zero-order valence-electron chi connectivity index (χ0n) is 16.0. The third-order valence-corrected chi connectivity index (χ3v) is 6.11. The highest BCUT2D eigenvalue weighted by molar-refractivity contribution is 5.89. The molecule has 2 amide bonds. The molecule has 0 bridgehead atoms. The molecule has 0 saturated carbocycles. The Hall–Kier alpha value is -1.88. The zero-order valence-corrected chi connectivity index (χ0v) is 16.0. The average molecular weight is 357 g/mol. The van der Waals surface area contributed by atoms with Crippen molar-refractivity contribution in [2.24, 2.45) is 17.6 Å². The van der Waals surface area contributed by atoms with E-state index in [0.717, 1.165) is 37.9 Å². The molecule has 2 heterocycles. The second kappa shape index (κ2) is 8.21. The summed E-state index contributed by atoms with van der Waals surface area (Å²) in [5.41, 5.74) is 8.13. The van der Waals surface area contributed by atoms with Gasteiger partial charge in [-0.1, -0.05) is 38.1 Å². The molecule has 2 N–H and O–H groups in total. The van der Waals surface area contributed by atoms with Crippen LogP contribution in [0.5, 0.6) is 0 Å². The normalized spacial score (nSPS) is 22.0. The van der Waals surface area contributed by atoms with Gasteiger partial charge in [-0.15, -0.1) is 0 Å². The molecule has 2 atom stereocenters. The quantitative estimate of drug-likeness (QED) is 0.898. The molecule has 142 valence electrons. The lowest BCUT2D eigenvalue weighted by Gasteiger charge is -2.41. The van der Waals surface area contributed by atoms with Crippen molar-refractivity contribution in [1.29, 1.82) is 0 Å². The smallest absolute Gasteiger partial charge is 0.245 e. The number of nitrogens with two attached hydrogens (primary N) is 1. The van der Waals surface area contributed by atoms with Crippen LogP contribution in [0.2, 0.25) is 0 Å². The number of hydrogen-bond acceptors (Lipinski definition) is 3. The van der Waals surface area contributed by atoms with E-state index in [-0.39, 0.29) is 23.8 Å². The van der Waals surface area contributed by atoms with Crippen LogP contribution in [0.25, 0.3) is 0 Å². The van der Waals surface area contributed by atoms with Gasteiger partial charge in [-0.05, 0) is 42.9 Å². The monoisotopic (exact) mass is 357 g/mol. The van der Waals surface area contributed by atoms with Crippen molar-refractivity contribution < 1.29 is 9.59 Å². The molecule has 0 aromatic heterocycles. The van der Waals surface area contributed by atoms with E-state index >= 15 is 0 Å². The molecule has 1 fully saturated rings. The van der Waals surface area contributed by atoms with Gasteiger partial charge in [0.25, 0.3) is 0 Å². The number of fused-ring (bicyclic) bond motifs is 1. The standard InChI is InChI=1S/C21H31N3O2/c1-3-15(2)20(25)24-14-18-7-5-4-6-17(18)12-19(24)21(26)23-10-8-16(13-22)9-11-23/h4-7,15-16,19H,3,8-14,22H2,1-2H3. The van der Waals surface area contributed by atoms with Crippen molar-refractivity contribution in [3.63, 3.8) is 0 Å². The van der Waals surface area contributed by atoms with Crippen LogP contribution in [0.15, 0.2) is 24.3 Å². The maximum absolute atomic E-state index is 13.3. The van der Waals surface area contributed by atoms with Gasteiger partial charge in [0.1, 0.15) is 6.04 Å². The molecular formula is C21H31N3O2. The van der Waals surface area contributed by atoms with Gasteiger partial charge in [0.2, 0.25) is 11.8 Å². The molecular weight excluding hydrogens is 326 g/mol. The van der Waals surface area contributed by atoms with Gasteiger partial charge in [0.05, 0.1) is 0 Å². The van der Waals surface area contributed by atoms with Crippen molar-refractivity contribution in [1.82, 2.24) is 9.80 Å². The van der Waals surface area contributed by atoms with Crippen molar-refractivity contribution in [2.75, 3.05) is 19.6 Å². The Morgan fingerprint density at radius 3 is 2.46 bits per heavy atom. The molecule has 1 saturated heterocycles. The number of benzene rings is 1. The molecule has 3 rings (SSSR count). The van der Waals surface area contributed by atoms with Gasteiger partial charge in [-0.25, -0.2) is 0 Å². The van der Waals surface area contributed by atoms with Gasteiger partial charge in [-0.3, -0.25) is 9.59 Å². The lowest BCUT2D eigenvalue weighted by Crippen LogP contribution is -2.56. The summed E-state index contributed by atoms with van der Waals surface area (Å²) in [5.74, 6) is 0.659. The lowest BCUT2D eigenvalue weighted by atomic mass is 9.90. The van der Waals surface area contributed by atoms with E-state index in [1.54, 1.807) is 0 Å². The molecule has 2 unspecified atom stereocenters. The fourth-order valence-corrected chi connectivity index (χ4v) is 4.03. The molecule has 0 radical (unpaired) electrons. The van der Waals surface area contributed by atoms with Crippen LogP contribution in [-0.2, 0) is 22.6 Å². The number of likely N-dealkylation sites (tertiary alicyclic amines) is 1. The van der Waals surface area contributed by atoms with Crippen LogP contribution in [-0.4, -0.2) is 47.3 Å². The third-order valence-electron chi connectivity index (χ3n) is 6.11. The maximum Gasteiger partial charge on any atom is 0.245 e. The SMILES string of the molecule is CCC(C)C(=O)N1Cc2ccccc2CC1C(=O)N1CCC(CN)CC1. The molecule has 2 aliphatic heterocycles. The summed E-state index contributed by atoms with van der Waals surface area (Å²) >= 11 is 0. The molecule has 26 heavy (non-hydrogen) atoms. The highest BCUT2D eigenvalue weighted by Gasteiger charge is 2.38.